The van der Waals surface area contributed by atoms with Crippen molar-refractivity contribution in [2.24, 2.45) is 0 Å². The lowest BCUT2D eigenvalue weighted by molar-refractivity contribution is 0.281. The molecule has 2 aromatic rings. The lowest BCUT2D eigenvalue weighted by Gasteiger charge is -2.07. The fourth-order valence-electron chi connectivity index (χ4n) is 1.51. The Morgan fingerprint density at radius 2 is 2.15 bits per heavy atom. The minimum atomic E-state index is -0.0571. The van der Waals surface area contributed by atoms with Gasteiger partial charge in [-0.1, -0.05) is 19.1 Å². The van der Waals surface area contributed by atoms with E-state index in [0.29, 0.717) is 11.7 Å². The van der Waals surface area contributed by atoms with Crippen LogP contribution in [0.4, 0.5) is 5.95 Å². The van der Waals surface area contributed by atoms with Gasteiger partial charge in [0.15, 0.2) is 0 Å². The summed E-state index contributed by atoms with van der Waals surface area (Å²) < 4.78 is 5.52. The number of benzene rings is 1. The van der Waals surface area contributed by atoms with Crippen LogP contribution in [0.2, 0.25) is 5.28 Å². The smallest absolute Gasteiger partial charge is 0.328 e. The molecule has 2 rings (SSSR count). The summed E-state index contributed by atoms with van der Waals surface area (Å²) in [7, 11) is 0. The summed E-state index contributed by atoms with van der Waals surface area (Å²) in [6, 6.07) is 7.13. The molecule has 0 aliphatic heterocycles. The molecule has 0 aliphatic carbocycles. The number of aliphatic hydroxyl groups excluding tert-OH is 1. The lowest BCUT2D eigenvalue weighted by atomic mass is 10.2. The summed E-state index contributed by atoms with van der Waals surface area (Å²) in [6.07, 6.45) is 0.942. The van der Waals surface area contributed by atoms with Crippen molar-refractivity contribution >= 4 is 17.5 Å². The summed E-state index contributed by atoms with van der Waals surface area (Å²) in [4.78, 5) is 12.0. The maximum atomic E-state index is 9.09. The zero-order chi connectivity index (χ0) is 14.4. The summed E-state index contributed by atoms with van der Waals surface area (Å²) in [6.45, 7) is 2.71. The Balaban J connectivity index is 2.17. The Labute approximate surface area is 121 Å². The van der Waals surface area contributed by atoms with E-state index in [0.717, 1.165) is 18.5 Å². The van der Waals surface area contributed by atoms with Crippen molar-refractivity contribution in [2.45, 2.75) is 20.0 Å². The molecule has 0 radical (unpaired) electrons. The zero-order valence-electron chi connectivity index (χ0n) is 11.0. The van der Waals surface area contributed by atoms with Crippen molar-refractivity contribution in [3.63, 3.8) is 0 Å². The number of rotatable bonds is 6. The van der Waals surface area contributed by atoms with Crippen molar-refractivity contribution in [1.82, 2.24) is 15.0 Å². The Kier molecular flexibility index (Phi) is 5.09. The number of anilines is 1. The third kappa shape index (κ3) is 4.04. The Morgan fingerprint density at radius 1 is 1.30 bits per heavy atom. The molecule has 1 aromatic carbocycles. The number of hydrogen-bond acceptors (Lipinski definition) is 6. The van der Waals surface area contributed by atoms with Gasteiger partial charge in [-0.25, -0.2) is 0 Å². The van der Waals surface area contributed by atoms with Crippen LogP contribution in [0.3, 0.4) is 0 Å². The molecule has 0 saturated carbocycles. The highest BCUT2D eigenvalue weighted by atomic mass is 35.5. The molecule has 0 aliphatic rings. The molecule has 0 saturated heterocycles. The monoisotopic (exact) mass is 294 g/mol. The first-order valence-electron chi connectivity index (χ1n) is 6.24. The van der Waals surface area contributed by atoms with Crippen molar-refractivity contribution in [1.29, 1.82) is 0 Å². The normalized spacial score (nSPS) is 10.3. The fourth-order valence-corrected chi connectivity index (χ4v) is 1.66. The van der Waals surface area contributed by atoms with Crippen molar-refractivity contribution in [3.05, 3.63) is 35.1 Å². The van der Waals surface area contributed by atoms with E-state index >= 15 is 0 Å². The van der Waals surface area contributed by atoms with Crippen LogP contribution in [0.15, 0.2) is 24.3 Å². The van der Waals surface area contributed by atoms with Gasteiger partial charge in [0.1, 0.15) is 5.75 Å². The average molecular weight is 295 g/mol. The number of nitrogens with one attached hydrogen (secondary N) is 1. The molecule has 106 valence electrons. The minimum Gasteiger partial charge on any atom is -0.424 e. The molecule has 0 bridgehead atoms. The molecule has 20 heavy (non-hydrogen) atoms. The van der Waals surface area contributed by atoms with Gasteiger partial charge < -0.3 is 15.2 Å². The predicted molar refractivity (Wildman–Crippen MR) is 76.1 cm³/mol. The van der Waals surface area contributed by atoms with Gasteiger partial charge in [-0.15, -0.1) is 0 Å². The number of nitrogens with zero attached hydrogens (tertiary/aromatic N) is 3. The topological polar surface area (TPSA) is 80.2 Å². The first kappa shape index (κ1) is 14.5. The van der Waals surface area contributed by atoms with E-state index in [1.165, 1.54) is 0 Å². The van der Waals surface area contributed by atoms with E-state index in [-0.39, 0.29) is 17.9 Å². The zero-order valence-corrected chi connectivity index (χ0v) is 11.8. The summed E-state index contributed by atoms with van der Waals surface area (Å²) in [5, 5.41) is 12.2. The third-order valence-corrected chi connectivity index (χ3v) is 2.58. The second kappa shape index (κ2) is 7.02. The maximum absolute atomic E-state index is 9.09. The lowest BCUT2D eigenvalue weighted by Crippen LogP contribution is -2.06. The summed E-state index contributed by atoms with van der Waals surface area (Å²) >= 11 is 5.83. The van der Waals surface area contributed by atoms with Crippen molar-refractivity contribution < 1.29 is 9.84 Å². The molecule has 0 spiro atoms. The number of halogens is 1. The average Bonchev–Trinajstić information content (AvgIpc) is 2.44. The fraction of sp³-hybridized carbons (Fsp3) is 0.308. The molecule has 6 nitrogen and oxygen atoms in total. The third-order valence-electron chi connectivity index (χ3n) is 2.41. The number of ether oxygens (including phenoxy) is 1. The molecule has 2 N–H and O–H groups in total. The van der Waals surface area contributed by atoms with E-state index in [2.05, 4.69) is 20.3 Å². The van der Waals surface area contributed by atoms with Crippen LogP contribution in [0.5, 0.6) is 11.8 Å². The highest BCUT2D eigenvalue weighted by Gasteiger charge is 2.07. The quantitative estimate of drug-likeness (QED) is 0.852. The van der Waals surface area contributed by atoms with E-state index in [9.17, 15) is 0 Å². The van der Waals surface area contributed by atoms with Crippen LogP contribution in [0.25, 0.3) is 0 Å². The second-order valence-corrected chi connectivity index (χ2v) is 4.38. The first-order chi connectivity index (χ1) is 9.71. The molecule has 0 amide bonds. The van der Waals surface area contributed by atoms with Gasteiger partial charge in [0.2, 0.25) is 11.2 Å². The summed E-state index contributed by atoms with van der Waals surface area (Å²) in [5.41, 5.74) is 0.743. The van der Waals surface area contributed by atoms with E-state index in [4.69, 9.17) is 21.4 Å². The van der Waals surface area contributed by atoms with Crippen molar-refractivity contribution in [3.8, 4) is 11.8 Å². The SMILES string of the molecule is CCCNc1nc(Cl)nc(Oc2cccc(CO)c2)n1. The van der Waals surface area contributed by atoms with Crippen LogP contribution in [0, 0.1) is 0 Å². The number of aliphatic hydroxyl groups is 1. The van der Waals surface area contributed by atoms with Crippen LogP contribution >= 0.6 is 11.6 Å². The van der Waals surface area contributed by atoms with Gasteiger partial charge in [0.05, 0.1) is 6.61 Å². The number of hydrogen-bond donors (Lipinski definition) is 2. The Bertz CT molecular complexity index is 580. The van der Waals surface area contributed by atoms with E-state index < -0.39 is 0 Å². The van der Waals surface area contributed by atoms with E-state index in [1.54, 1.807) is 24.3 Å². The van der Waals surface area contributed by atoms with Crippen LogP contribution < -0.4 is 10.1 Å². The van der Waals surface area contributed by atoms with Gasteiger partial charge in [0.25, 0.3) is 0 Å². The molecule has 7 heteroatoms. The molecule has 0 atom stereocenters. The molecule has 1 heterocycles. The number of aromatic nitrogens is 3. The van der Waals surface area contributed by atoms with Crippen LogP contribution in [0.1, 0.15) is 18.9 Å². The Hall–Kier alpha value is -1.92. The maximum Gasteiger partial charge on any atom is 0.328 e. The van der Waals surface area contributed by atoms with Gasteiger partial charge in [0, 0.05) is 6.54 Å². The Morgan fingerprint density at radius 3 is 2.90 bits per heavy atom. The molecule has 0 fully saturated rings. The highest BCUT2D eigenvalue weighted by molar-refractivity contribution is 6.28. The summed E-state index contributed by atoms with van der Waals surface area (Å²) in [5.74, 6) is 0.903. The van der Waals surface area contributed by atoms with E-state index in [1.807, 2.05) is 6.92 Å². The largest absolute Gasteiger partial charge is 0.424 e. The van der Waals surface area contributed by atoms with Crippen LogP contribution in [-0.2, 0) is 6.61 Å². The highest BCUT2D eigenvalue weighted by Crippen LogP contribution is 2.21. The molecule has 1 aromatic heterocycles. The molecule has 0 unspecified atom stereocenters. The predicted octanol–water partition coefficient (Wildman–Crippen LogP) is 2.63. The van der Waals surface area contributed by atoms with Gasteiger partial charge in [-0.2, -0.15) is 15.0 Å². The first-order valence-corrected chi connectivity index (χ1v) is 6.62. The van der Waals surface area contributed by atoms with Crippen molar-refractivity contribution in [2.75, 3.05) is 11.9 Å². The standard InChI is InChI=1S/C13H15ClN4O2/c1-2-6-15-12-16-11(14)17-13(18-12)20-10-5-3-4-9(7-10)8-19/h3-5,7,19H,2,6,8H2,1H3,(H,15,16,17,18). The van der Waals surface area contributed by atoms with Crippen LogP contribution in [-0.4, -0.2) is 26.6 Å². The van der Waals surface area contributed by atoms with Gasteiger partial charge >= 0.3 is 6.01 Å². The minimum absolute atomic E-state index is 0.0571. The van der Waals surface area contributed by atoms with Gasteiger partial charge in [-0.05, 0) is 35.7 Å². The van der Waals surface area contributed by atoms with Gasteiger partial charge in [-0.3, -0.25) is 0 Å². The molecular weight excluding hydrogens is 280 g/mol. The molecular formula is C13H15ClN4O2. The second-order valence-electron chi connectivity index (χ2n) is 4.04.